The van der Waals surface area contributed by atoms with Crippen molar-refractivity contribution in [2.75, 3.05) is 18.9 Å². The minimum atomic E-state index is -0.0810. The molecule has 0 bridgehead atoms. The standard InChI is InChI=1S/C19H21Cl2NO2S/c1-3-24-18-8-7-14(11-13(18)2)19(23)22-9-10-25-12-15-16(20)5-4-6-17(15)21/h4-8,11H,3,9-10,12H2,1-2H3,(H,22,23). The molecule has 25 heavy (non-hydrogen) atoms. The maximum absolute atomic E-state index is 12.2. The fourth-order valence-electron chi connectivity index (χ4n) is 2.29. The molecule has 0 saturated carbocycles. The Balaban J connectivity index is 1.78. The van der Waals surface area contributed by atoms with Crippen LogP contribution in [0.2, 0.25) is 10.0 Å². The molecule has 0 aliphatic carbocycles. The van der Waals surface area contributed by atoms with Gasteiger partial charge in [-0.05, 0) is 55.3 Å². The predicted molar refractivity (Wildman–Crippen MR) is 107 cm³/mol. The lowest BCUT2D eigenvalue weighted by Crippen LogP contribution is -2.25. The van der Waals surface area contributed by atoms with E-state index >= 15 is 0 Å². The smallest absolute Gasteiger partial charge is 0.251 e. The van der Waals surface area contributed by atoms with Gasteiger partial charge in [0.05, 0.1) is 6.61 Å². The molecule has 0 spiro atoms. The minimum Gasteiger partial charge on any atom is -0.494 e. The topological polar surface area (TPSA) is 38.3 Å². The van der Waals surface area contributed by atoms with Crippen molar-refractivity contribution in [1.29, 1.82) is 0 Å². The maximum atomic E-state index is 12.2. The number of amides is 1. The van der Waals surface area contributed by atoms with Gasteiger partial charge in [0.1, 0.15) is 5.75 Å². The second-order valence-electron chi connectivity index (χ2n) is 5.42. The molecule has 1 N–H and O–H groups in total. The molecular weight excluding hydrogens is 377 g/mol. The van der Waals surface area contributed by atoms with Gasteiger partial charge < -0.3 is 10.1 Å². The van der Waals surface area contributed by atoms with Crippen molar-refractivity contribution in [3.8, 4) is 5.75 Å². The van der Waals surface area contributed by atoms with Crippen molar-refractivity contribution in [1.82, 2.24) is 5.32 Å². The van der Waals surface area contributed by atoms with E-state index in [1.807, 2.05) is 44.2 Å². The van der Waals surface area contributed by atoms with Gasteiger partial charge in [-0.3, -0.25) is 4.79 Å². The molecular formula is C19H21Cl2NO2S. The average Bonchev–Trinajstić information content (AvgIpc) is 2.58. The van der Waals surface area contributed by atoms with Gasteiger partial charge in [0.15, 0.2) is 0 Å². The van der Waals surface area contributed by atoms with Crippen LogP contribution in [0.4, 0.5) is 0 Å². The molecule has 2 rings (SSSR count). The summed E-state index contributed by atoms with van der Waals surface area (Å²) in [6, 6.07) is 11.0. The number of carbonyl (C=O) groups excluding carboxylic acids is 1. The van der Waals surface area contributed by atoms with E-state index in [1.165, 1.54) is 0 Å². The lowest BCUT2D eigenvalue weighted by molar-refractivity contribution is 0.0956. The number of ether oxygens (including phenoxy) is 1. The van der Waals surface area contributed by atoms with E-state index in [0.717, 1.165) is 28.4 Å². The molecule has 2 aromatic rings. The third kappa shape index (κ3) is 5.84. The van der Waals surface area contributed by atoms with E-state index in [0.29, 0.717) is 28.8 Å². The molecule has 0 atom stereocenters. The summed E-state index contributed by atoms with van der Waals surface area (Å²) in [5.41, 5.74) is 2.53. The molecule has 134 valence electrons. The molecule has 0 aliphatic rings. The molecule has 0 unspecified atom stereocenters. The SMILES string of the molecule is CCOc1ccc(C(=O)NCCSCc2c(Cl)cccc2Cl)cc1C. The van der Waals surface area contributed by atoms with Crippen molar-refractivity contribution in [2.24, 2.45) is 0 Å². The molecule has 1 amide bonds. The van der Waals surface area contributed by atoms with E-state index in [4.69, 9.17) is 27.9 Å². The van der Waals surface area contributed by atoms with Crippen molar-refractivity contribution in [2.45, 2.75) is 19.6 Å². The Morgan fingerprint density at radius 1 is 1.20 bits per heavy atom. The summed E-state index contributed by atoms with van der Waals surface area (Å²) in [5.74, 6) is 2.23. The molecule has 0 heterocycles. The van der Waals surface area contributed by atoms with Gasteiger partial charge in [-0.2, -0.15) is 11.8 Å². The zero-order valence-electron chi connectivity index (χ0n) is 14.3. The van der Waals surface area contributed by atoms with E-state index < -0.39 is 0 Å². The maximum Gasteiger partial charge on any atom is 0.251 e. The van der Waals surface area contributed by atoms with Gasteiger partial charge in [-0.25, -0.2) is 0 Å². The number of carbonyl (C=O) groups is 1. The molecule has 0 radical (unpaired) electrons. The van der Waals surface area contributed by atoms with E-state index in [-0.39, 0.29) is 5.91 Å². The molecule has 2 aromatic carbocycles. The monoisotopic (exact) mass is 397 g/mol. The molecule has 0 saturated heterocycles. The van der Waals surface area contributed by atoms with Crippen LogP contribution in [0, 0.1) is 6.92 Å². The van der Waals surface area contributed by atoms with Crippen LogP contribution in [-0.2, 0) is 5.75 Å². The fourth-order valence-corrected chi connectivity index (χ4v) is 3.89. The third-order valence-corrected chi connectivity index (χ3v) is 5.27. The summed E-state index contributed by atoms with van der Waals surface area (Å²) in [5, 5.41) is 4.28. The largest absolute Gasteiger partial charge is 0.494 e. The molecule has 0 aliphatic heterocycles. The summed E-state index contributed by atoms with van der Waals surface area (Å²) in [6.45, 7) is 5.06. The molecule has 0 fully saturated rings. The second-order valence-corrected chi connectivity index (χ2v) is 7.34. The van der Waals surface area contributed by atoms with Crippen molar-refractivity contribution in [3.63, 3.8) is 0 Å². The Labute approximate surface area is 163 Å². The summed E-state index contributed by atoms with van der Waals surface area (Å²) in [7, 11) is 0. The van der Waals surface area contributed by atoms with Crippen molar-refractivity contribution in [3.05, 3.63) is 63.1 Å². The Bertz CT molecular complexity index is 717. The van der Waals surface area contributed by atoms with E-state index in [9.17, 15) is 4.79 Å². The zero-order chi connectivity index (χ0) is 18.2. The number of nitrogens with one attached hydrogen (secondary N) is 1. The van der Waals surface area contributed by atoms with Crippen LogP contribution in [-0.4, -0.2) is 24.8 Å². The van der Waals surface area contributed by atoms with Gasteiger partial charge in [0, 0.05) is 33.7 Å². The highest BCUT2D eigenvalue weighted by Crippen LogP contribution is 2.28. The third-order valence-electron chi connectivity index (χ3n) is 3.58. The van der Waals surface area contributed by atoms with Crippen molar-refractivity contribution >= 4 is 40.9 Å². The van der Waals surface area contributed by atoms with Gasteiger partial charge in [0.2, 0.25) is 0 Å². The van der Waals surface area contributed by atoms with E-state index in [1.54, 1.807) is 17.8 Å². The van der Waals surface area contributed by atoms with Gasteiger partial charge in [-0.1, -0.05) is 29.3 Å². The molecule has 3 nitrogen and oxygen atoms in total. The Morgan fingerprint density at radius 2 is 1.92 bits per heavy atom. The Morgan fingerprint density at radius 3 is 2.56 bits per heavy atom. The molecule has 0 aromatic heterocycles. The normalized spacial score (nSPS) is 10.6. The number of rotatable bonds is 8. The van der Waals surface area contributed by atoms with Crippen LogP contribution in [0.25, 0.3) is 0 Å². The average molecular weight is 398 g/mol. The van der Waals surface area contributed by atoms with Crippen molar-refractivity contribution < 1.29 is 9.53 Å². The Kier molecular flexibility index (Phi) is 7.94. The number of hydrogen-bond acceptors (Lipinski definition) is 3. The summed E-state index contributed by atoms with van der Waals surface area (Å²) >= 11 is 14.0. The number of aryl methyl sites for hydroxylation is 1. The van der Waals surface area contributed by atoms with Gasteiger partial charge >= 0.3 is 0 Å². The van der Waals surface area contributed by atoms with E-state index in [2.05, 4.69) is 5.32 Å². The fraction of sp³-hybridized carbons (Fsp3) is 0.316. The van der Waals surface area contributed by atoms with Crippen LogP contribution < -0.4 is 10.1 Å². The summed E-state index contributed by atoms with van der Waals surface area (Å²) < 4.78 is 5.49. The van der Waals surface area contributed by atoms with Crippen LogP contribution in [0.3, 0.4) is 0 Å². The number of benzene rings is 2. The number of hydrogen-bond donors (Lipinski definition) is 1. The molecule has 6 heteroatoms. The number of halogens is 2. The quantitative estimate of drug-likeness (QED) is 0.608. The minimum absolute atomic E-state index is 0.0810. The summed E-state index contributed by atoms with van der Waals surface area (Å²) in [6.07, 6.45) is 0. The first-order chi connectivity index (χ1) is 12.0. The second kappa shape index (κ2) is 9.95. The van der Waals surface area contributed by atoms with Crippen LogP contribution in [0.1, 0.15) is 28.4 Å². The zero-order valence-corrected chi connectivity index (χ0v) is 16.6. The van der Waals surface area contributed by atoms with Crippen LogP contribution in [0.15, 0.2) is 36.4 Å². The first-order valence-electron chi connectivity index (χ1n) is 8.05. The first kappa shape index (κ1) is 20.0. The number of thioether (sulfide) groups is 1. The van der Waals surface area contributed by atoms with Gasteiger partial charge in [0.25, 0.3) is 5.91 Å². The predicted octanol–water partition coefficient (Wildman–Crippen LogP) is 5.36. The van der Waals surface area contributed by atoms with Gasteiger partial charge in [-0.15, -0.1) is 0 Å². The highest BCUT2D eigenvalue weighted by molar-refractivity contribution is 7.98. The van der Waals surface area contributed by atoms with Crippen LogP contribution >= 0.6 is 35.0 Å². The lowest BCUT2D eigenvalue weighted by atomic mass is 10.1. The highest BCUT2D eigenvalue weighted by Gasteiger charge is 2.09. The first-order valence-corrected chi connectivity index (χ1v) is 9.96. The highest BCUT2D eigenvalue weighted by atomic mass is 35.5. The van der Waals surface area contributed by atoms with Crippen LogP contribution in [0.5, 0.6) is 5.75 Å². The Hall–Kier alpha value is -1.36. The summed E-state index contributed by atoms with van der Waals surface area (Å²) in [4.78, 5) is 12.2. The lowest BCUT2D eigenvalue weighted by Gasteiger charge is -2.10.